The summed E-state index contributed by atoms with van der Waals surface area (Å²) in [5.74, 6) is 1.12. The van der Waals surface area contributed by atoms with E-state index >= 15 is 0 Å². The number of anilines is 1. The molecule has 0 saturated carbocycles. The summed E-state index contributed by atoms with van der Waals surface area (Å²) in [5, 5.41) is 10.6. The van der Waals surface area contributed by atoms with Crippen molar-refractivity contribution >= 4 is 17.0 Å². The van der Waals surface area contributed by atoms with Crippen LogP contribution in [0.5, 0.6) is 5.88 Å². The van der Waals surface area contributed by atoms with Crippen molar-refractivity contribution in [3.8, 4) is 5.88 Å². The number of rotatable bonds is 5. The molecule has 0 bridgehead atoms. The van der Waals surface area contributed by atoms with Gasteiger partial charge in [-0.1, -0.05) is 0 Å². The fourth-order valence-corrected chi connectivity index (χ4v) is 2.31. The lowest BCUT2D eigenvalue weighted by atomic mass is 10.4. The normalized spacial score (nSPS) is 16.1. The van der Waals surface area contributed by atoms with Crippen molar-refractivity contribution in [1.82, 2.24) is 25.1 Å². The van der Waals surface area contributed by atoms with Gasteiger partial charge in [-0.05, 0) is 25.9 Å². The first-order chi connectivity index (χ1) is 9.36. The minimum absolute atomic E-state index is 0.535. The van der Waals surface area contributed by atoms with E-state index in [1.165, 1.54) is 25.9 Å². The second-order valence-electron chi connectivity index (χ2n) is 4.63. The van der Waals surface area contributed by atoms with Gasteiger partial charge in [-0.15, -0.1) is 0 Å². The molecule has 102 valence electrons. The van der Waals surface area contributed by atoms with Crippen molar-refractivity contribution in [3.05, 3.63) is 6.20 Å². The van der Waals surface area contributed by atoms with E-state index in [4.69, 9.17) is 4.74 Å². The Morgan fingerprint density at radius 2 is 2.21 bits per heavy atom. The number of likely N-dealkylation sites (tertiary alicyclic amines) is 1. The van der Waals surface area contributed by atoms with Gasteiger partial charge in [0.2, 0.25) is 11.8 Å². The van der Waals surface area contributed by atoms with Gasteiger partial charge in [0.15, 0.2) is 5.65 Å². The Balaban J connectivity index is 1.70. The van der Waals surface area contributed by atoms with Crippen LogP contribution in [0.25, 0.3) is 11.0 Å². The highest BCUT2D eigenvalue weighted by atomic mass is 16.5. The largest absolute Gasteiger partial charge is 0.476 e. The molecule has 0 aliphatic carbocycles. The maximum Gasteiger partial charge on any atom is 0.229 e. The summed E-state index contributed by atoms with van der Waals surface area (Å²) in [6.07, 6.45) is 4.28. The molecule has 2 aromatic heterocycles. The third kappa shape index (κ3) is 2.60. The Hall–Kier alpha value is -1.89. The van der Waals surface area contributed by atoms with E-state index < -0.39 is 0 Å². The van der Waals surface area contributed by atoms with E-state index in [-0.39, 0.29) is 0 Å². The first-order valence-electron chi connectivity index (χ1n) is 6.61. The van der Waals surface area contributed by atoms with Crippen molar-refractivity contribution in [2.75, 3.05) is 38.6 Å². The number of nitrogens with zero attached hydrogens (tertiary/aromatic N) is 4. The van der Waals surface area contributed by atoms with E-state index in [9.17, 15) is 0 Å². The second kappa shape index (κ2) is 5.40. The van der Waals surface area contributed by atoms with E-state index in [1.807, 2.05) is 0 Å². The predicted molar refractivity (Wildman–Crippen MR) is 72.4 cm³/mol. The molecule has 3 heterocycles. The molecule has 0 radical (unpaired) electrons. The molecule has 0 amide bonds. The van der Waals surface area contributed by atoms with Crippen LogP contribution in [0, 0.1) is 0 Å². The zero-order chi connectivity index (χ0) is 13.1. The maximum absolute atomic E-state index is 5.79. The molecule has 1 aliphatic rings. The Bertz CT molecular complexity index is 548. The van der Waals surface area contributed by atoms with Crippen molar-refractivity contribution in [3.63, 3.8) is 0 Å². The van der Waals surface area contributed by atoms with E-state index in [2.05, 4.69) is 30.4 Å². The number of aromatic amines is 1. The molecule has 0 spiro atoms. The number of nitrogens with one attached hydrogen (secondary N) is 2. The highest BCUT2D eigenvalue weighted by molar-refractivity contribution is 5.80. The fraction of sp³-hybridized carbons (Fsp3) is 0.583. The summed E-state index contributed by atoms with van der Waals surface area (Å²) in [6.45, 7) is 3.94. The summed E-state index contributed by atoms with van der Waals surface area (Å²) >= 11 is 0. The van der Waals surface area contributed by atoms with Crippen LogP contribution < -0.4 is 10.1 Å². The summed E-state index contributed by atoms with van der Waals surface area (Å²) in [7, 11) is 1.78. The van der Waals surface area contributed by atoms with Crippen molar-refractivity contribution in [2.24, 2.45) is 0 Å². The number of fused-ring (bicyclic) bond motifs is 1. The minimum atomic E-state index is 0.535. The summed E-state index contributed by atoms with van der Waals surface area (Å²) in [4.78, 5) is 11.0. The Kier molecular flexibility index (Phi) is 3.45. The molecule has 1 saturated heterocycles. The van der Waals surface area contributed by atoms with Crippen LogP contribution in [0.2, 0.25) is 0 Å². The lowest BCUT2D eigenvalue weighted by Crippen LogP contribution is -2.25. The summed E-state index contributed by atoms with van der Waals surface area (Å²) in [5.41, 5.74) is 0.690. The molecule has 0 atom stereocenters. The van der Waals surface area contributed by atoms with Crippen molar-refractivity contribution in [2.45, 2.75) is 12.8 Å². The van der Waals surface area contributed by atoms with Crippen LogP contribution in [0.3, 0.4) is 0 Å². The highest BCUT2D eigenvalue weighted by Crippen LogP contribution is 2.21. The quantitative estimate of drug-likeness (QED) is 0.832. The second-order valence-corrected chi connectivity index (χ2v) is 4.63. The van der Waals surface area contributed by atoms with Crippen LogP contribution in [0.4, 0.5) is 5.95 Å². The third-order valence-electron chi connectivity index (χ3n) is 3.34. The van der Waals surface area contributed by atoms with Gasteiger partial charge in [0.25, 0.3) is 0 Å². The smallest absolute Gasteiger partial charge is 0.229 e. The zero-order valence-electron chi connectivity index (χ0n) is 11.0. The van der Waals surface area contributed by atoms with Crippen molar-refractivity contribution < 1.29 is 4.74 Å². The molecule has 7 nitrogen and oxygen atoms in total. The van der Waals surface area contributed by atoms with Gasteiger partial charge in [-0.25, -0.2) is 0 Å². The van der Waals surface area contributed by atoms with Crippen LogP contribution >= 0.6 is 0 Å². The Labute approximate surface area is 111 Å². The standard InChI is InChI=1S/C12H18N6O/c1-13-12-15-10-9(8-14-17-10)11(16-12)19-7-6-18-4-2-3-5-18/h8H,2-7H2,1H3,(H2,13,14,15,16,17). The first kappa shape index (κ1) is 12.2. The number of aromatic nitrogens is 4. The molecule has 1 aliphatic heterocycles. The molecule has 1 fully saturated rings. The maximum atomic E-state index is 5.79. The fourth-order valence-electron chi connectivity index (χ4n) is 2.31. The Morgan fingerprint density at radius 3 is 3.00 bits per heavy atom. The summed E-state index contributed by atoms with van der Waals surface area (Å²) < 4.78 is 5.79. The van der Waals surface area contributed by atoms with E-state index in [0.29, 0.717) is 24.1 Å². The highest BCUT2D eigenvalue weighted by Gasteiger charge is 2.13. The molecule has 7 heteroatoms. The predicted octanol–water partition coefficient (Wildman–Crippen LogP) is 0.869. The molecule has 3 rings (SSSR count). The monoisotopic (exact) mass is 262 g/mol. The molecule has 0 aromatic carbocycles. The van der Waals surface area contributed by atoms with Gasteiger partial charge in [0.05, 0.1) is 6.20 Å². The number of hydrogen-bond acceptors (Lipinski definition) is 6. The summed E-state index contributed by atoms with van der Waals surface area (Å²) in [6, 6.07) is 0. The van der Waals surface area contributed by atoms with Gasteiger partial charge < -0.3 is 10.1 Å². The number of ether oxygens (including phenoxy) is 1. The SMILES string of the molecule is CNc1nc(OCCN2CCCC2)c2cn[nH]c2n1. The molecular weight excluding hydrogens is 244 g/mol. The van der Waals surface area contributed by atoms with E-state index in [0.717, 1.165) is 11.9 Å². The van der Waals surface area contributed by atoms with E-state index in [1.54, 1.807) is 13.2 Å². The molecular formula is C12H18N6O. The van der Waals surface area contributed by atoms with Crippen LogP contribution in [-0.2, 0) is 0 Å². The van der Waals surface area contributed by atoms with Crippen LogP contribution in [0.15, 0.2) is 6.20 Å². The third-order valence-corrected chi connectivity index (χ3v) is 3.34. The van der Waals surface area contributed by atoms with Gasteiger partial charge in [-0.3, -0.25) is 10.00 Å². The first-order valence-corrected chi connectivity index (χ1v) is 6.61. The van der Waals surface area contributed by atoms with Gasteiger partial charge in [-0.2, -0.15) is 15.1 Å². The average Bonchev–Trinajstić information content (AvgIpc) is 3.08. The number of H-pyrrole nitrogens is 1. The lowest BCUT2D eigenvalue weighted by Gasteiger charge is -2.14. The molecule has 2 aromatic rings. The van der Waals surface area contributed by atoms with Gasteiger partial charge >= 0.3 is 0 Å². The molecule has 19 heavy (non-hydrogen) atoms. The van der Waals surface area contributed by atoms with Crippen LogP contribution in [0.1, 0.15) is 12.8 Å². The van der Waals surface area contributed by atoms with Crippen molar-refractivity contribution in [1.29, 1.82) is 0 Å². The molecule has 2 N–H and O–H groups in total. The van der Waals surface area contributed by atoms with Gasteiger partial charge in [0, 0.05) is 13.6 Å². The lowest BCUT2D eigenvalue weighted by molar-refractivity contribution is 0.234. The molecule has 0 unspecified atom stereocenters. The van der Waals surface area contributed by atoms with Gasteiger partial charge in [0.1, 0.15) is 12.0 Å². The average molecular weight is 262 g/mol. The van der Waals surface area contributed by atoms with Crippen LogP contribution in [-0.4, -0.2) is 58.4 Å². The Morgan fingerprint density at radius 1 is 1.37 bits per heavy atom. The minimum Gasteiger partial charge on any atom is -0.476 e. The number of hydrogen-bond donors (Lipinski definition) is 2. The zero-order valence-corrected chi connectivity index (χ0v) is 11.0. The topological polar surface area (TPSA) is 79.0 Å².